The van der Waals surface area contributed by atoms with Crippen molar-refractivity contribution in [3.05, 3.63) is 84.9 Å². The number of para-hydroxylation sites is 4. The number of hydrogen-bond acceptors (Lipinski definition) is 9. The van der Waals surface area contributed by atoms with Crippen LogP contribution in [0.1, 0.15) is 0 Å². The second kappa shape index (κ2) is 10.3. The van der Waals surface area contributed by atoms with E-state index < -0.39 is 6.04 Å². The van der Waals surface area contributed by atoms with Crippen molar-refractivity contribution in [1.82, 2.24) is 15.2 Å². The standard InChI is InChI=1S/C30H27N7O3/c38-28-24(19-37(21-9-2-1-3-10-21)25-13-7-6-12-23(25)32-28)33-30-35-34-29(40-30)27-26(36-14-16-39-17-15-36)18-20-8-4-5-11-22(20)31-27/h1-13,18,24H,14-17,19H2,(H,32,38)(H,33,35)/t24-/m0/s1. The van der Waals surface area contributed by atoms with Crippen molar-refractivity contribution in [3.63, 3.8) is 0 Å². The Morgan fingerprint density at radius 1 is 0.875 bits per heavy atom. The van der Waals surface area contributed by atoms with Crippen molar-refractivity contribution in [2.75, 3.05) is 53.3 Å². The van der Waals surface area contributed by atoms with E-state index in [1.807, 2.05) is 78.9 Å². The molecule has 2 aliphatic rings. The third-order valence-corrected chi connectivity index (χ3v) is 7.18. The van der Waals surface area contributed by atoms with E-state index in [4.69, 9.17) is 14.1 Å². The van der Waals surface area contributed by atoms with Crippen LogP contribution in [0.5, 0.6) is 0 Å². The number of nitrogens with one attached hydrogen (secondary N) is 2. The molecule has 3 aromatic carbocycles. The molecule has 2 N–H and O–H groups in total. The lowest BCUT2D eigenvalue weighted by Crippen LogP contribution is -2.40. The average Bonchev–Trinajstić information content (AvgIpc) is 3.43. The van der Waals surface area contributed by atoms with Crippen LogP contribution in [0.15, 0.2) is 89.3 Å². The first-order chi connectivity index (χ1) is 19.7. The van der Waals surface area contributed by atoms with E-state index in [1.54, 1.807) is 0 Å². The van der Waals surface area contributed by atoms with Crippen LogP contribution in [-0.2, 0) is 9.53 Å². The Balaban J connectivity index is 1.21. The fraction of sp³-hybridized carbons (Fsp3) is 0.200. The minimum atomic E-state index is -0.663. The molecule has 7 rings (SSSR count). The number of nitrogens with zero attached hydrogens (tertiary/aromatic N) is 5. The Kier molecular flexibility index (Phi) is 6.21. The molecule has 5 aromatic rings. The number of fused-ring (bicyclic) bond motifs is 2. The normalized spacial score (nSPS) is 17.3. The molecule has 10 nitrogen and oxygen atoms in total. The van der Waals surface area contributed by atoms with Crippen molar-refractivity contribution >= 4 is 45.6 Å². The summed E-state index contributed by atoms with van der Waals surface area (Å²) in [5.74, 6) is 0.0930. The van der Waals surface area contributed by atoms with Crippen LogP contribution < -0.4 is 20.4 Å². The summed E-state index contributed by atoms with van der Waals surface area (Å²) in [7, 11) is 0. The van der Waals surface area contributed by atoms with Crippen LogP contribution in [0, 0.1) is 0 Å². The SMILES string of the molecule is O=C1Nc2ccccc2N(c2ccccc2)C[C@@H]1Nc1nnc(-c2nc3ccccc3cc2N2CCOCC2)o1. The van der Waals surface area contributed by atoms with E-state index >= 15 is 0 Å². The number of benzene rings is 3. The number of pyridine rings is 1. The summed E-state index contributed by atoms with van der Waals surface area (Å²) < 4.78 is 11.7. The predicted molar refractivity (Wildman–Crippen MR) is 154 cm³/mol. The van der Waals surface area contributed by atoms with Gasteiger partial charge in [-0.15, -0.1) is 5.10 Å². The van der Waals surface area contributed by atoms with Gasteiger partial charge in [-0.1, -0.05) is 53.6 Å². The van der Waals surface area contributed by atoms with Gasteiger partial charge in [0.05, 0.1) is 42.3 Å². The van der Waals surface area contributed by atoms with Crippen LogP contribution >= 0.6 is 0 Å². The minimum Gasteiger partial charge on any atom is -0.402 e. The predicted octanol–water partition coefficient (Wildman–Crippen LogP) is 4.69. The fourth-order valence-electron chi connectivity index (χ4n) is 5.20. The highest BCUT2D eigenvalue weighted by molar-refractivity contribution is 6.02. The van der Waals surface area contributed by atoms with Gasteiger partial charge < -0.3 is 29.6 Å². The Morgan fingerprint density at radius 2 is 1.65 bits per heavy atom. The summed E-state index contributed by atoms with van der Waals surface area (Å²) in [5, 5.41) is 15.8. The zero-order valence-corrected chi connectivity index (χ0v) is 21.7. The van der Waals surface area contributed by atoms with Gasteiger partial charge in [-0.3, -0.25) is 4.79 Å². The topological polar surface area (TPSA) is 109 Å². The summed E-state index contributed by atoms with van der Waals surface area (Å²) in [5.41, 5.74) is 4.97. The highest BCUT2D eigenvalue weighted by Crippen LogP contribution is 2.36. The number of morpholine rings is 1. The average molecular weight is 534 g/mol. The number of amides is 1. The van der Waals surface area contributed by atoms with Crippen LogP contribution in [-0.4, -0.2) is 60.0 Å². The zero-order chi connectivity index (χ0) is 26.9. The third kappa shape index (κ3) is 4.58. The van der Waals surface area contributed by atoms with E-state index in [0.29, 0.717) is 25.5 Å². The molecule has 0 spiro atoms. The van der Waals surface area contributed by atoms with Crippen molar-refractivity contribution in [2.24, 2.45) is 0 Å². The second-order valence-corrected chi connectivity index (χ2v) is 9.71. The van der Waals surface area contributed by atoms with Crippen molar-refractivity contribution in [1.29, 1.82) is 0 Å². The van der Waals surface area contributed by atoms with Gasteiger partial charge in [0.2, 0.25) is 5.91 Å². The monoisotopic (exact) mass is 533 g/mol. The number of aromatic nitrogens is 3. The molecular weight excluding hydrogens is 506 g/mol. The molecule has 2 aromatic heterocycles. The highest BCUT2D eigenvalue weighted by atomic mass is 16.5. The van der Waals surface area contributed by atoms with Crippen LogP contribution in [0.3, 0.4) is 0 Å². The molecule has 40 heavy (non-hydrogen) atoms. The number of carbonyl (C=O) groups is 1. The summed E-state index contributed by atoms with van der Waals surface area (Å²) in [6.07, 6.45) is 0. The molecule has 4 heterocycles. The Labute approximate surface area is 230 Å². The lowest BCUT2D eigenvalue weighted by atomic mass is 10.1. The zero-order valence-electron chi connectivity index (χ0n) is 21.7. The molecule has 2 aliphatic heterocycles. The molecule has 10 heteroatoms. The number of rotatable bonds is 5. The molecule has 0 aliphatic carbocycles. The molecule has 1 atom stereocenters. The Morgan fingerprint density at radius 3 is 2.52 bits per heavy atom. The van der Waals surface area contributed by atoms with E-state index in [1.165, 1.54) is 0 Å². The number of ether oxygens (including phenoxy) is 1. The van der Waals surface area contributed by atoms with Gasteiger partial charge in [0, 0.05) is 24.2 Å². The van der Waals surface area contributed by atoms with Gasteiger partial charge in [0.1, 0.15) is 6.04 Å². The molecule has 200 valence electrons. The largest absolute Gasteiger partial charge is 0.402 e. The quantitative estimate of drug-likeness (QED) is 0.333. The summed E-state index contributed by atoms with van der Waals surface area (Å²) in [6.45, 7) is 3.12. The minimum absolute atomic E-state index is 0.150. The third-order valence-electron chi connectivity index (χ3n) is 7.18. The van der Waals surface area contributed by atoms with Gasteiger partial charge in [0.15, 0.2) is 5.69 Å². The van der Waals surface area contributed by atoms with Crippen LogP contribution in [0.2, 0.25) is 0 Å². The summed E-state index contributed by atoms with van der Waals surface area (Å²) in [4.78, 5) is 22.5. The number of anilines is 5. The first kappa shape index (κ1) is 24.1. The highest BCUT2D eigenvalue weighted by Gasteiger charge is 2.30. The van der Waals surface area contributed by atoms with Gasteiger partial charge in [-0.05, 0) is 36.4 Å². The molecule has 0 unspecified atom stereocenters. The van der Waals surface area contributed by atoms with Gasteiger partial charge in [0.25, 0.3) is 5.89 Å². The van der Waals surface area contributed by atoms with Crippen molar-refractivity contribution in [3.8, 4) is 11.6 Å². The second-order valence-electron chi connectivity index (χ2n) is 9.71. The lowest BCUT2D eigenvalue weighted by molar-refractivity contribution is -0.116. The van der Waals surface area contributed by atoms with E-state index in [2.05, 4.69) is 36.7 Å². The molecule has 0 saturated carbocycles. The smallest absolute Gasteiger partial charge is 0.316 e. The van der Waals surface area contributed by atoms with Crippen LogP contribution in [0.4, 0.5) is 28.8 Å². The molecule has 1 amide bonds. The maximum atomic E-state index is 13.3. The molecular formula is C30H27N7O3. The Bertz CT molecular complexity index is 1670. The number of carbonyl (C=O) groups excluding carboxylic acids is 1. The lowest BCUT2D eigenvalue weighted by Gasteiger charge is -2.29. The summed E-state index contributed by atoms with van der Waals surface area (Å²) >= 11 is 0. The molecule has 0 bridgehead atoms. The first-order valence-corrected chi connectivity index (χ1v) is 13.3. The van der Waals surface area contributed by atoms with E-state index in [0.717, 1.165) is 46.7 Å². The summed E-state index contributed by atoms with van der Waals surface area (Å²) in [6, 6.07) is 27.3. The molecule has 0 radical (unpaired) electrons. The fourth-order valence-corrected chi connectivity index (χ4v) is 5.20. The van der Waals surface area contributed by atoms with Crippen molar-refractivity contribution < 1.29 is 13.9 Å². The number of hydrogen-bond donors (Lipinski definition) is 2. The Hall–Kier alpha value is -4.96. The van der Waals surface area contributed by atoms with E-state index in [9.17, 15) is 4.79 Å². The van der Waals surface area contributed by atoms with Gasteiger partial charge >= 0.3 is 6.01 Å². The van der Waals surface area contributed by atoms with E-state index in [-0.39, 0.29) is 17.8 Å². The maximum absolute atomic E-state index is 13.3. The van der Waals surface area contributed by atoms with Gasteiger partial charge in [-0.25, -0.2) is 4.98 Å². The maximum Gasteiger partial charge on any atom is 0.316 e. The molecule has 1 saturated heterocycles. The van der Waals surface area contributed by atoms with Crippen LogP contribution in [0.25, 0.3) is 22.5 Å². The van der Waals surface area contributed by atoms with Gasteiger partial charge in [-0.2, -0.15) is 0 Å². The molecule has 1 fully saturated rings. The van der Waals surface area contributed by atoms with Crippen molar-refractivity contribution in [2.45, 2.75) is 6.04 Å². The first-order valence-electron chi connectivity index (χ1n) is 13.3.